The molecule has 0 aromatic heterocycles. The van der Waals surface area contributed by atoms with Crippen LogP contribution in [0.2, 0.25) is 0 Å². The molecule has 5 heteroatoms. The highest BCUT2D eigenvalue weighted by Crippen LogP contribution is 2.40. The van der Waals surface area contributed by atoms with E-state index in [4.69, 9.17) is 15.2 Å². The van der Waals surface area contributed by atoms with E-state index in [1.165, 1.54) is 0 Å². The fourth-order valence-electron chi connectivity index (χ4n) is 2.47. The Bertz CT molecular complexity index is 315. The molecule has 0 aromatic rings. The zero-order valence-corrected chi connectivity index (χ0v) is 12.8. The highest BCUT2D eigenvalue weighted by Gasteiger charge is 2.49. The van der Waals surface area contributed by atoms with Crippen molar-refractivity contribution in [1.82, 2.24) is 5.32 Å². The van der Waals surface area contributed by atoms with Crippen LogP contribution in [0.3, 0.4) is 0 Å². The number of hydrogen-bond acceptors (Lipinski definition) is 4. The molecule has 1 fully saturated rings. The fraction of sp³-hybridized carbons (Fsp3) is 0.929. The smallest absolute Gasteiger partial charge is 0.408 e. The van der Waals surface area contributed by atoms with Gasteiger partial charge in [0, 0.05) is 6.61 Å². The molecule has 0 radical (unpaired) electrons. The summed E-state index contributed by atoms with van der Waals surface area (Å²) in [7, 11) is 0. The number of alkyl carbamates (subject to hydrolysis) is 1. The van der Waals surface area contributed by atoms with Crippen molar-refractivity contribution >= 4 is 6.09 Å². The van der Waals surface area contributed by atoms with Crippen LogP contribution in [0.15, 0.2) is 0 Å². The summed E-state index contributed by atoms with van der Waals surface area (Å²) >= 11 is 0. The monoisotopic (exact) mass is 272 g/mol. The van der Waals surface area contributed by atoms with Gasteiger partial charge >= 0.3 is 6.09 Å². The quantitative estimate of drug-likeness (QED) is 0.821. The van der Waals surface area contributed by atoms with Gasteiger partial charge in [0.15, 0.2) is 0 Å². The molecule has 1 amide bonds. The van der Waals surface area contributed by atoms with Crippen molar-refractivity contribution in [1.29, 1.82) is 0 Å². The molecule has 1 saturated heterocycles. The van der Waals surface area contributed by atoms with Crippen LogP contribution in [0.5, 0.6) is 0 Å². The third-order valence-electron chi connectivity index (χ3n) is 3.83. The molecule has 112 valence electrons. The molecule has 0 bridgehead atoms. The molecule has 1 unspecified atom stereocenters. The van der Waals surface area contributed by atoms with Crippen LogP contribution in [0.25, 0.3) is 0 Å². The molecule has 0 spiro atoms. The lowest BCUT2D eigenvalue weighted by atomic mass is 9.69. The van der Waals surface area contributed by atoms with Crippen LogP contribution in [-0.2, 0) is 9.47 Å². The summed E-state index contributed by atoms with van der Waals surface area (Å²) in [5.74, 6) is 0. The Hall–Kier alpha value is -0.810. The third-order valence-corrected chi connectivity index (χ3v) is 3.83. The summed E-state index contributed by atoms with van der Waals surface area (Å²) < 4.78 is 10.9. The molecule has 3 N–H and O–H groups in total. The normalized spacial score (nSPS) is 24.3. The van der Waals surface area contributed by atoms with Gasteiger partial charge in [-0.25, -0.2) is 4.79 Å². The molecule has 1 rings (SSSR count). The Balaban J connectivity index is 2.80. The van der Waals surface area contributed by atoms with E-state index >= 15 is 0 Å². The second-order valence-corrected chi connectivity index (χ2v) is 6.93. The Kier molecular flexibility index (Phi) is 4.85. The zero-order chi connectivity index (χ0) is 14.7. The molecule has 19 heavy (non-hydrogen) atoms. The summed E-state index contributed by atoms with van der Waals surface area (Å²) in [5.41, 5.74) is 4.67. The van der Waals surface area contributed by atoms with Crippen LogP contribution in [0.4, 0.5) is 4.79 Å². The van der Waals surface area contributed by atoms with Crippen LogP contribution in [0.1, 0.15) is 47.5 Å². The standard InChI is InChI=1S/C14H28N2O3/c1-12(2,3)19-11(17)16-14(7-9-18-10-14)13(4,5)6-8-15/h6-10,15H2,1-5H3,(H,16,17). The Morgan fingerprint density at radius 2 is 2.00 bits per heavy atom. The molecule has 0 saturated carbocycles. The van der Waals surface area contributed by atoms with Crippen molar-refractivity contribution in [2.24, 2.45) is 11.1 Å². The van der Waals surface area contributed by atoms with Crippen molar-refractivity contribution in [3.05, 3.63) is 0 Å². The predicted molar refractivity (Wildman–Crippen MR) is 75.0 cm³/mol. The van der Waals surface area contributed by atoms with Gasteiger partial charge in [0.05, 0.1) is 12.1 Å². The van der Waals surface area contributed by atoms with Crippen LogP contribution >= 0.6 is 0 Å². The molecular weight excluding hydrogens is 244 g/mol. The fourth-order valence-corrected chi connectivity index (χ4v) is 2.47. The minimum Gasteiger partial charge on any atom is -0.444 e. The number of carbonyl (C=O) groups is 1. The van der Waals surface area contributed by atoms with E-state index in [-0.39, 0.29) is 11.5 Å². The van der Waals surface area contributed by atoms with Crippen molar-refractivity contribution in [3.8, 4) is 0 Å². The molecule has 0 aliphatic carbocycles. The number of nitrogens with two attached hydrogens (primary N) is 1. The predicted octanol–water partition coefficient (Wildman–Crippen LogP) is 2.05. The summed E-state index contributed by atoms with van der Waals surface area (Å²) in [6, 6.07) is 0. The van der Waals surface area contributed by atoms with Gasteiger partial charge in [0.25, 0.3) is 0 Å². The van der Waals surface area contributed by atoms with Gasteiger partial charge < -0.3 is 20.5 Å². The van der Waals surface area contributed by atoms with Crippen LogP contribution < -0.4 is 11.1 Å². The van der Waals surface area contributed by atoms with E-state index in [0.29, 0.717) is 19.8 Å². The first-order valence-electron chi connectivity index (χ1n) is 6.91. The average molecular weight is 272 g/mol. The zero-order valence-electron chi connectivity index (χ0n) is 12.8. The molecule has 0 aromatic carbocycles. The van der Waals surface area contributed by atoms with Crippen molar-refractivity contribution < 1.29 is 14.3 Å². The lowest BCUT2D eigenvalue weighted by Crippen LogP contribution is -2.59. The van der Waals surface area contributed by atoms with E-state index in [9.17, 15) is 4.79 Å². The summed E-state index contributed by atoms with van der Waals surface area (Å²) in [4.78, 5) is 12.1. The van der Waals surface area contributed by atoms with E-state index in [1.807, 2.05) is 20.8 Å². The van der Waals surface area contributed by atoms with Crippen molar-refractivity contribution in [2.45, 2.75) is 58.6 Å². The molecule has 1 heterocycles. The number of hydrogen-bond donors (Lipinski definition) is 2. The Morgan fingerprint density at radius 1 is 1.37 bits per heavy atom. The van der Waals surface area contributed by atoms with Crippen molar-refractivity contribution in [3.63, 3.8) is 0 Å². The maximum atomic E-state index is 12.1. The van der Waals surface area contributed by atoms with E-state index in [1.54, 1.807) is 0 Å². The van der Waals surface area contributed by atoms with Gasteiger partial charge in [-0.1, -0.05) is 13.8 Å². The third kappa shape index (κ3) is 4.08. The minimum atomic E-state index is -0.497. The lowest BCUT2D eigenvalue weighted by molar-refractivity contribution is 0.0257. The first kappa shape index (κ1) is 16.2. The summed E-state index contributed by atoms with van der Waals surface area (Å²) in [6.07, 6.45) is 1.23. The highest BCUT2D eigenvalue weighted by molar-refractivity contribution is 5.69. The second kappa shape index (κ2) is 5.67. The molecule has 1 atom stereocenters. The molecule has 5 nitrogen and oxygen atoms in total. The van der Waals surface area contributed by atoms with E-state index in [0.717, 1.165) is 12.8 Å². The van der Waals surface area contributed by atoms with Gasteiger partial charge in [-0.05, 0) is 45.6 Å². The van der Waals surface area contributed by atoms with Gasteiger partial charge in [0.2, 0.25) is 0 Å². The van der Waals surface area contributed by atoms with Gasteiger partial charge in [-0.3, -0.25) is 0 Å². The maximum absolute atomic E-state index is 12.1. The van der Waals surface area contributed by atoms with Gasteiger partial charge in [-0.15, -0.1) is 0 Å². The SMILES string of the molecule is CC(C)(C)OC(=O)NC1(C(C)(C)CCN)CCOC1. The summed E-state index contributed by atoms with van der Waals surface area (Å²) in [5, 5.41) is 3.03. The second-order valence-electron chi connectivity index (χ2n) is 6.93. The van der Waals surface area contributed by atoms with Gasteiger partial charge in [-0.2, -0.15) is 0 Å². The minimum absolute atomic E-state index is 0.130. The average Bonchev–Trinajstić information content (AvgIpc) is 2.64. The number of amides is 1. The van der Waals surface area contributed by atoms with Gasteiger partial charge in [0.1, 0.15) is 5.60 Å². The number of ether oxygens (including phenoxy) is 2. The number of nitrogens with one attached hydrogen (secondary N) is 1. The first-order valence-corrected chi connectivity index (χ1v) is 6.91. The topological polar surface area (TPSA) is 73.6 Å². The number of carbonyl (C=O) groups excluding carboxylic acids is 1. The molecular formula is C14H28N2O3. The Labute approximate surface area is 116 Å². The molecule has 1 aliphatic rings. The first-order chi connectivity index (χ1) is 8.62. The Morgan fingerprint density at radius 3 is 2.42 bits per heavy atom. The number of rotatable bonds is 4. The van der Waals surface area contributed by atoms with E-state index < -0.39 is 11.1 Å². The lowest BCUT2D eigenvalue weighted by Gasteiger charge is -2.43. The van der Waals surface area contributed by atoms with Crippen molar-refractivity contribution in [2.75, 3.05) is 19.8 Å². The largest absolute Gasteiger partial charge is 0.444 e. The van der Waals surface area contributed by atoms with E-state index in [2.05, 4.69) is 19.2 Å². The summed E-state index contributed by atoms with van der Waals surface area (Å²) in [6.45, 7) is 11.6. The maximum Gasteiger partial charge on any atom is 0.408 e. The highest BCUT2D eigenvalue weighted by atomic mass is 16.6. The molecule has 1 aliphatic heterocycles. The van der Waals surface area contributed by atoms with Crippen LogP contribution in [0, 0.1) is 5.41 Å². The van der Waals surface area contributed by atoms with Crippen LogP contribution in [-0.4, -0.2) is 37.0 Å².